The molecule has 6 N–H and O–H groups in total. The Balaban J connectivity index is 2.09. The number of phenols is 2. The number of carbonyl (C=O) groups is 2. The van der Waals surface area contributed by atoms with E-state index >= 15 is 0 Å². The number of aliphatic carboxylic acids is 1. The van der Waals surface area contributed by atoms with E-state index in [-0.39, 0.29) is 29.8 Å². The maximum atomic E-state index is 12.2. The fraction of sp³-hybridized carbons (Fsp3) is 0.176. The summed E-state index contributed by atoms with van der Waals surface area (Å²) in [6.07, 6.45) is -0.322. The highest BCUT2D eigenvalue weighted by atomic mass is 16.4. The van der Waals surface area contributed by atoms with Gasteiger partial charge in [0.25, 0.3) is 0 Å². The predicted octanol–water partition coefficient (Wildman–Crippen LogP) is -0.868. The number of nitrogens with one attached hydrogen (secondary N) is 1. The van der Waals surface area contributed by atoms with Crippen LogP contribution in [-0.2, 0) is 22.4 Å². The molecule has 0 fully saturated rings. The fourth-order valence-electron chi connectivity index (χ4n) is 2.50. The molecule has 0 aliphatic carbocycles. The van der Waals surface area contributed by atoms with E-state index < -0.39 is 25.0 Å². The van der Waals surface area contributed by atoms with Crippen molar-refractivity contribution in [1.82, 2.24) is 5.32 Å². The number of phenolic OH excluding ortho intramolecular Hbond substituents is 2. The van der Waals surface area contributed by atoms with Gasteiger partial charge >= 0.3 is 13.1 Å². The Morgan fingerprint density at radius 3 is 2.35 bits per heavy atom. The Hall–Kier alpha value is -3.04. The van der Waals surface area contributed by atoms with Gasteiger partial charge in [-0.25, -0.2) is 4.79 Å². The van der Waals surface area contributed by atoms with Gasteiger partial charge < -0.3 is 30.7 Å². The number of rotatable bonds is 7. The zero-order chi connectivity index (χ0) is 19.3. The van der Waals surface area contributed by atoms with Gasteiger partial charge in [0.2, 0.25) is 5.91 Å². The van der Waals surface area contributed by atoms with Crippen molar-refractivity contribution in [3.05, 3.63) is 53.6 Å². The average Bonchev–Trinajstić information content (AvgIpc) is 2.57. The molecule has 0 radical (unpaired) electrons. The van der Waals surface area contributed by atoms with Crippen molar-refractivity contribution in [2.24, 2.45) is 0 Å². The first kappa shape index (κ1) is 19.3. The van der Waals surface area contributed by atoms with Crippen molar-refractivity contribution in [3.8, 4) is 11.5 Å². The molecule has 2 rings (SSSR count). The first-order valence-electron chi connectivity index (χ1n) is 7.75. The molecular formula is C17H18BNO7. The van der Waals surface area contributed by atoms with Crippen LogP contribution in [-0.4, -0.2) is 50.4 Å². The van der Waals surface area contributed by atoms with Gasteiger partial charge in [0.1, 0.15) is 6.04 Å². The molecule has 0 saturated heterocycles. The second-order valence-electron chi connectivity index (χ2n) is 5.73. The normalized spacial score (nSPS) is 11.6. The summed E-state index contributed by atoms with van der Waals surface area (Å²) in [6, 6.07) is 8.85. The maximum absolute atomic E-state index is 12.2. The third kappa shape index (κ3) is 4.98. The van der Waals surface area contributed by atoms with Gasteiger partial charge in [-0.3, -0.25) is 4.79 Å². The zero-order valence-corrected chi connectivity index (χ0v) is 13.7. The molecular weight excluding hydrogens is 341 g/mol. The summed E-state index contributed by atoms with van der Waals surface area (Å²) in [6.45, 7) is 0. The Kier molecular flexibility index (Phi) is 6.21. The van der Waals surface area contributed by atoms with Crippen LogP contribution < -0.4 is 10.8 Å². The van der Waals surface area contributed by atoms with E-state index in [1.54, 1.807) is 18.2 Å². The molecule has 0 unspecified atom stereocenters. The Bertz CT molecular complexity index is 809. The zero-order valence-electron chi connectivity index (χ0n) is 13.7. The van der Waals surface area contributed by atoms with Crippen molar-refractivity contribution in [2.45, 2.75) is 18.9 Å². The molecule has 26 heavy (non-hydrogen) atoms. The summed E-state index contributed by atoms with van der Waals surface area (Å²) >= 11 is 0. The standard InChI is InChI=1S/C17H18BNO7/c20-14-6-5-10(8-15(14)21)7-13(17(23)24)19-16(22)9-11-3-1-2-4-12(11)18(25)26/h1-6,8,13,20-21,25-26H,7,9H2,(H,19,22)(H,23,24)/t13-/m0/s1. The number of amides is 1. The van der Waals surface area contributed by atoms with Gasteiger partial charge in [0.05, 0.1) is 6.42 Å². The number of benzene rings is 2. The van der Waals surface area contributed by atoms with E-state index in [1.165, 1.54) is 24.3 Å². The SMILES string of the molecule is O=C(Cc1ccccc1B(O)O)N[C@@H](Cc1ccc(O)c(O)c1)C(=O)O. The predicted molar refractivity (Wildman–Crippen MR) is 93.0 cm³/mol. The summed E-state index contributed by atoms with van der Waals surface area (Å²) in [4.78, 5) is 23.6. The van der Waals surface area contributed by atoms with Gasteiger partial charge in [-0.1, -0.05) is 30.3 Å². The summed E-state index contributed by atoms with van der Waals surface area (Å²) in [7, 11) is -1.74. The Morgan fingerprint density at radius 1 is 1.04 bits per heavy atom. The van der Waals surface area contributed by atoms with Gasteiger partial charge in [-0.05, 0) is 28.7 Å². The average molecular weight is 359 g/mol. The molecule has 0 spiro atoms. The van der Waals surface area contributed by atoms with Gasteiger partial charge in [-0.2, -0.15) is 0 Å². The monoisotopic (exact) mass is 359 g/mol. The highest BCUT2D eigenvalue weighted by Gasteiger charge is 2.23. The van der Waals surface area contributed by atoms with Crippen LogP contribution in [0.2, 0.25) is 0 Å². The van der Waals surface area contributed by atoms with Crippen LogP contribution in [0.1, 0.15) is 11.1 Å². The number of carboxylic acids is 1. The molecule has 1 amide bonds. The van der Waals surface area contributed by atoms with Crippen molar-refractivity contribution in [3.63, 3.8) is 0 Å². The molecule has 8 nitrogen and oxygen atoms in total. The molecule has 9 heteroatoms. The second kappa shape index (κ2) is 8.37. The molecule has 0 aromatic heterocycles. The van der Waals surface area contributed by atoms with Gasteiger partial charge in [0.15, 0.2) is 11.5 Å². The highest BCUT2D eigenvalue weighted by molar-refractivity contribution is 6.59. The van der Waals surface area contributed by atoms with Crippen LogP contribution >= 0.6 is 0 Å². The molecule has 0 aliphatic heterocycles. The smallest absolute Gasteiger partial charge is 0.488 e. The van der Waals surface area contributed by atoms with Crippen molar-refractivity contribution < 1.29 is 35.0 Å². The van der Waals surface area contributed by atoms with E-state index in [0.717, 1.165) is 0 Å². The minimum absolute atomic E-state index is 0.0980. The Morgan fingerprint density at radius 2 is 1.73 bits per heavy atom. The summed E-state index contributed by atoms with van der Waals surface area (Å²) < 4.78 is 0. The number of hydrogen-bond acceptors (Lipinski definition) is 6. The molecule has 0 aliphatic rings. The van der Waals surface area contributed by atoms with E-state index in [9.17, 15) is 35.0 Å². The van der Waals surface area contributed by atoms with Crippen molar-refractivity contribution >= 4 is 24.5 Å². The molecule has 1 atom stereocenters. The second-order valence-corrected chi connectivity index (χ2v) is 5.73. The lowest BCUT2D eigenvalue weighted by atomic mass is 9.76. The quantitative estimate of drug-likeness (QED) is 0.278. The first-order valence-corrected chi connectivity index (χ1v) is 7.75. The van der Waals surface area contributed by atoms with Crippen molar-refractivity contribution in [1.29, 1.82) is 0 Å². The fourth-order valence-corrected chi connectivity index (χ4v) is 2.50. The molecule has 0 saturated carbocycles. The molecule has 0 bridgehead atoms. The lowest BCUT2D eigenvalue weighted by molar-refractivity contribution is -0.141. The lowest BCUT2D eigenvalue weighted by Crippen LogP contribution is -2.44. The summed E-state index contributed by atoms with van der Waals surface area (Å²) in [5.41, 5.74) is 0.948. The minimum atomic E-state index is -1.74. The third-order valence-electron chi connectivity index (χ3n) is 3.80. The number of carbonyl (C=O) groups excluding carboxylic acids is 1. The van der Waals surface area contributed by atoms with Gasteiger partial charge in [0, 0.05) is 6.42 Å². The summed E-state index contributed by atoms with van der Waals surface area (Å²) in [5.74, 6) is -2.58. The third-order valence-corrected chi connectivity index (χ3v) is 3.80. The molecule has 0 heterocycles. The van der Waals surface area contributed by atoms with Crippen molar-refractivity contribution in [2.75, 3.05) is 0 Å². The summed E-state index contributed by atoms with van der Waals surface area (Å²) in [5, 5.41) is 49.1. The number of hydrogen-bond donors (Lipinski definition) is 6. The van der Waals surface area contributed by atoms with Crippen LogP contribution in [0, 0.1) is 0 Å². The lowest BCUT2D eigenvalue weighted by Gasteiger charge is -2.16. The van der Waals surface area contributed by atoms with E-state index in [0.29, 0.717) is 11.1 Å². The van der Waals surface area contributed by atoms with E-state index in [4.69, 9.17) is 0 Å². The van der Waals surface area contributed by atoms with E-state index in [1.807, 2.05) is 0 Å². The minimum Gasteiger partial charge on any atom is -0.504 e. The van der Waals surface area contributed by atoms with E-state index in [2.05, 4.69) is 5.32 Å². The number of carboxylic acid groups (broad SMARTS) is 1. The van der Waals surface area contributed by atoms with Crippen LogP contribution in [0.15, 0.2) is 42.5 Å². The van der Waals surface area contributed by atoms with Gasteiger partial charge in [-0.15, -0.1) is 0 Å². The molecule has 2 aromatic rings. The first-order chi connectivity index (χ1) is 12.3. The van der Waals surface area contributed by atoms with Crippen LogP contribution in [0.25, 0.3) is 0 Å². The van der Waals surface area contributed by atoms with Crippen LogP contribution in [0.3, 0.4) is 0 Å². The maximum Gasteiger partial charge on any atom is 0.488 e. The Labute approximate surface area is 149 Å². The highest BCUT2D eigenvalue weighted by Crippen LogP contribution is 2.25. The number of aromatic hydroxyl groups is 2. The largest absolute Gasteiger partial charge is 0.504 e. The molecule has 136 valence electrons. The molecule has 2 aromatic carbocycles. The topological polar surface area (TPSA) is 147 Å². The van der Waals surface area contributed by atoms with Crippen LogP contribution in [0.4, 0.5) is 0 Å². The van der Waals surface area contributed by atoms with Crippen LogP contribution in [0.5, 0.6) is 11.5 Å².